The van der Waals surface area contributed by atoms with E-state index in [0.717, 1.165) is 10.0 Å². The first-order valence-corrected chi connectivity index (χ1v) is 8.87. The molecule has 2 aromatic carbocycles. The summed E-state index contributed by atoms with van der Waals surface area (Å²) in [5.74, 6) is 0.669. The number of halogens is 1. The number of methoxy groups -OCH3 is 1. The Balaban J connectivity index is 1.74. The minimum atomic E-state index is -0.439. The van der Waals surface area contributed by atoms with Crippen LogP contribution in [0, 0.1) is 0 Å². The molecule has 3 rings (SSSR count). The second kappa shape index (κ2) is 7.78. The Kier molecular flexibility index (Phi) is 5.46. The van der Waals surface area contributed by atoms with Crippen LogP contribution in [0.1, 0.15) is 39.2 Å². The molecule has 1 aliphatic rings. The van der Waals surface area contributed by atoms with Gasteiger partial charge in [-0.25, -0.2) is 4.79 Å². The quantitative estimate of drug-likeness (QED) is 0.767. The van der Waals surface area contributed by atoms with Crippen molar-refractivity contribution in [1.29, 1.82) is 0 Å². The van der Waals surface area contributed by atoms with Crippen molar-refractivity contribution in [2.24, 2.45) is 0 Å². The summed E-state index contributed by atoms with van der Waals surface area (Å²) in [7, 11) is 1.32. The topological polar surface area (TPSA) is 73.9 Å². The van der Waals surface area contributed by atoms with Gasteiger partial charge in [-0.1, -0.05) is 15.9 Å². The molecular weight excluding hydrogens is 402 g/mol. The van der Waals surface area contributed by atoms with E-state index in [4.69, 9.17) is 9.47 Å². The molecular formula is C19H18BrNO5. The summed E-state index contributed by atoms with van der Waals surface area (Å²) in [5, 5.41) is 2.94. The zero-order chi connectivity index (χ0) is 18.7. The highest BCUT2D eigenvalue weighted by Gasteiger charge is 2.20. The first kappa shape index (κ1) is 18.3. The molecule has 0 aromatic heterocycles. The van der Waals surface area contributed by atoms with E-state index >= 15 is 0 Å². The Morgan fingerprint density at radius 2 is 1.65 bits per heavy atom. The molecule has 7 heteroatoms. The van der Waals surface area contributed by atoms with Crippen LogP contribution in [0.5, 0.6) is 11.5 Å². The highest BCUT2D eigenvalue weighted by atomic mass is 79.9. The van der Waals surface area contributed by atoms with Gasteiger partial charge in [0.15, 0.2) is 11.5 Å². The van der Waals surface area contributed by atoms with E-state index in [1.54, 1.807) is 24.3 Å². The summed E-state index contributed by atoms with van der Waals surface area (Å²) >= 11 is 3.52. The molecule has 1 unspecified atom stereocenters. The lowest BCUT2D eigenvalue weighted by molar-refractivity contribution is 0.0600. The third-order valence-corrected chi connectivity index (χ3v) is 4.73. The monoisotopic (exact) mass is 419 g/mol. The molecule has 0 aliphatic carbocycles. The van der Waals surface area contributed by atoms with Crippen molar-refractivity contribution in [3.8, 4) is 11.5 Å². The number of fused-ring (bicyclic) bond motifs is 1. The summed E-state index contributed by atoms with van der Waals surface area (Å²) in [4.78, 5) is 23.9. The molecule has 1 aliphatic heterocycles. The van der Waals surface area contributed by atoms with E-state index in [2.05, 4.69) is 26.0 Å². The molecule has 6 nitrogen and oxygen atoms in total. The fraction of sp³-hybridized carbons (Fsp3) is 0.263. The van der Waals surface area contributed by atoms with Crippen LogP contribution >= 0.6 is 15.9 Å². The lowest BCUT2D eigenvalue weighted by Gasteiger charge is -2.22. The van der Waals surface area contributed by atoms with E-state index in [1.807, 2.05) is 19.1 Å². The van der Waals surface area contributed by atoms with Gasteiger partial charge in [0.25, 0.3) is 5.91 Å². The Labute approximate surface area is 159 Å². The molecule has 26 heavy (non-hydrogen) atoms. The van der Waals surface area contributed by atoms with Crippen molar-refractivity contribution in [2.45, 2.75) is 13.0 Å². The zero-order valence-corrected chi connectivity index (χ0v) is 16.0. The summed E-state index contributed by atoms with van der Waals surface area (Å²) in [5.41, 5.74) is 1.73. The minimum absolute atomic E-state index is 0.240. The van der Waals surface area contributed by atoms with Crippen LogP contribution < -0.4 is 14.8 Å². The number of hydrogen-bond donors (Lipinski definition) is 1. The van der Waals surface area contributed by atoms with Gasteiger partial charge in [0.1, 0.15) is 13.2 Å². The molecule has 1 amide bonds. The number of esters is 1. The highest BCUT2D eigenvalue weighted by molar-refractivity contribution is 9.10. The SMILES string of the molecule is COC(=O)c1ccc(C(=O)NC(C)c2cc3c(cc2Br)OCCO3)cc1. The third-order valence-electron chi connectivity index (χ3n) is 4.04. The zero-order valence-electron chi connectivity index (χ0n) is 14.4. The number of amides is 1. The summed E-state index contributed by atoms with van der Waals surface area (Å²) in [6, 6.07) is 9.76. The second-order valence-corrected chi connectivity index (χ2v) is 6.64. The molecule has 0 spiro atoms. The summed E-state index contributed by atoms with van der Waals surface area (Å²) < 4.78 is 16.6. The molecule has 0 saturated heterocycles. The van der Waals surface area contributed by atoms with Gasteiger partial charge < -0.3 is 19.5 Å². The maximum Gasteiger partial charge on any atom is 0.337 e. The molecule has 0 saturated carbocycles. The smallest absolute Gasteiger partial charge is 0.337 e. The van der Waals surface area contributed by atoms with Crippen LogP contribution in [0.25, 0.3) is 0 Å². The summed E-state index contributed by atoms with van der Waals surface area (Å²) in [6.07, 6.45) is 0. The average molecular weight is 420 g/mol. The van der Waals surface area contributed by atoms with Gasteiger partial charge >= 0.3 is 5.97 Å². The third kappa shape index (κ3) is 3.83. The molecule has 2 aromatic rings. The van der Waals surface area contributed by atoms with Gasteiger partial charge in [0, 0.05) is 10.0 Å². The average Bonchev–Trinajstić information content (AvgIpc) is 2.66. The first-order chi connectivity index (χ1) is 12.5. The lowest BCUT2D eigenvalue weighted by atomic mass is 10.1. The second-order valence-electron chi connectivity index (χ2n) is 5.78. The Morgan fingerprint density at radius 1 is 1.08 bits per heavy atom. The number of carbonyl (C=O) groups is 2. The highest BCUT2D eigenvalue weighted by Crippen LogP contribution is 2.37. The van der Waals surface area contributed by atoms with E-state index in [9.17, 15) is 9.59 Å². The van der Waals surface area contributed by atoms with Crippen molar-refractivity contribution in [2.75, 3.05) is 20.3 Å². The number of carbonyl (C=O) groups excluding carboxylic acids is 2. The van der Waals surface area contributed by atoms with Crippen molar-refractivity contribution in [3.05, 3.63) is 57.6 Å². The van der Waals surface area contributed by atoms with Crippen LogP contribution in [0.2, 0.25) is 0 Å². The van der Waals surface area contributed by atoms with Gasteiger partial charge in [-0.3, -0.25) is 4.79 Å². The van der Waals surface area contributed by atoms with E-state index < -0.39 is 5.97 Å². The van der Waals surface area contributed by atoms with Crippen LogP contribution in [0.15, 0.2) is 40.9 Å². The maximum atomic E-state index is 12.5. The van der Waals surface area contributed by atoms with Gasteiger partial charge in [0.2, 0.25) is 0 Å². The van der Waals surface area contributed by atoms with Crippen LogP contribution in [0.4, 0.5) is 0 Å². The molecule has 136 valence electrons. The molecule has 0 fully saturated rings. The number of hydrogen-bond acceptors (Lipinski definition) is 5. The van der Waals surface area contributed by atoms with Crippen molar-refractivity contribution < 1.29 is 23.8 Å². The fourth-order valence-electron chi connectivity index (χ4n) is 2.64. The predicted molar refractivity (Wildman–Crippen MR) is 98.8 cm³/mol. The fourth-order valence-corrected chi connectivity index (χ4v) is 3.31. The Bertz CT molecular complexity index is 835. The van der Waals surface area contributed by atoms with Crippen molar-refractivity contribution in [1.82, 2.24) is 5.32 Å². The standard InChI is InChI=1S/C19H18BrNO5/c1-11(14-9-16-17(10-15(14)20)26-8-7-25-16)21-18(22)12-3-5-13(6-4-12)19(23)24-2/h3-6,9-11H,7-8H2,1-2H3,(H,21,22). The first-order valence-electron chi connectivity index (χ1n) is 8.08. The Morgan fingerprint density at radius 3 is 2.27 bits per heavy atom. The van der Waals surface area contributed by atoms with Crippen LogP contribution in [-0.4, -0.2) is 32.2 Å². The van der Waals surface area contributed by atoms with Gasteiger partial charge in [-0.05, 0) is 48.9 Å². The van der Waals surface area contributed by atoms with E-state index in [0.29, 0.717) is 35.8 Å². The predicted octanol–water partition coefficient (Wildman–Crippen LogP) is 3.50. The molecule has 1 N–H and O–H groups in total. The number of benzene rings is 2. The van der Waals surface area contributed by atoms with Gasteiger partial charge in [-0.15, -0.1) is 0 Å². The lowest BCUT2D eigenvalue weighted by Crippen LogP contribution is -2.27. The van der Waals surface area contributed by atoms with Crippen molar-refractivity contribution >= 4 is 27.8 Å². The maximum absolute atomic E-state index is 12.5. The van der Waals surface area contributed by atoms with Crippen molar-refractivity contribution in [3.63, 3.8) is 0 Å². The largest absolute Gasteiger partial charge is 0.486 e. The molecule has 0 radical (unpaired) electrons. The van der Waals surface area contributed by atoms with Crippen LogP contribution in [0.3, 0.4) is 0 Å². The number of ether oxygens (including phenoxy) is 3. The van der Waals surface area contributed by atoms with Crippen LogP contribution in [-0.2, 0) is 4.74 Å². The van der Waals surface area contributed by atoms with Gasteiger partial charge in [0.05, 0.1) is 18.7 Å². The number of nitrogens with one attached hydrogen (secondary N) is 1. The minimum Gasteiger partial charge on any atom is -0.486 e. The molecule has 1 heterocycles. The molecule has 1 atom stereocenters. The number of rotatable bonds is 4. The summed E-state index contributed by atoms with van der Waals surface area (Å²) in [6.45, 7) is 2.91. The van der Waals surface area contributed by atoms with E-state index in [1.165, 1.54) is 7.11 Å². The molecule has 0 bridgehead atoms. The normalized spacial score (nSPS) is 13.7. The Hall–Kier alpha value is -2.54. The van der Waals surface area contributed by atoms with E-state index in [-0.39, 0.29) is 11.9 Å². The van der Waals surface area contributed by atoms with Gasteiger partial charge in [-0.2, -0.15) is 0 Å².